The highest BCUT2D eigenvalue weighted by atomic mass is 16.2. The number of hydrogen-bond donors (Lipinski definition) is 0. The number of hydrogen-bond acceptors (Lipinski definition) is 4. The van der Waals surface area contributed by atoms with Crippen LogP contribution in [0.3, 0.4) is 0 Å². The number of likely N-dealkylation sites (N-methyl/N-ethyl adjacent to an activating group) is 1. The molecule has 6 nitrogen and oxygen atoms in total. The lowest BCUT2D eigenvalue weighted by Gasteiger charge is -2.34. The van der Waals surface area contributed by atoms with E-state index in [-0.39, 0.29) is 24.3 Å². The number of anilines is 1. The first-order valence-electron chi connectivity index (χ1n) is 9.36. The summed E-state index contributed by atoms with van der Waals surface area (Å²) in [6.45, 7) is 5.22. The van der Waals surface area contributed by atoms with Crippen molar-refractivity contribution in [3.05, 3.63) is 59.4 Å². The molecular formula is C21H24N4O2. The second-order valence-corrected chi connectivity index (χ2v) is 7.35. The van der Waals surface area contributed by atoms with Gasteiger partial charge >= 0.3 is 0 Å². The fourth-order valence-electron chi connectivity index (χ4n) is 3.87. The van der Waals surface area contributed by atoms with Crippen LogP contribution >= 0.6 is 0 Å². The molecule has 140 valence electrons. The van der Waals surface area contributed by atoms with Gasteiger partial charge in [-0.1, -0.05) is 12.1 Å². The van der Waals surface area contributed by atoms with Gasteiger partial charge < -0.3 is 9.80 Å². The zero-order valence-corrected chi connectivity index (χ0v) is 15.8. The third-order valence-corrected chi connectivity index (χ3v) is 5.42. The number of aromatic nitrogens is 1. The first-order chi connectivity index (χ1) is 13.0. The Kier molecular flexibility index (Phi) is 4.66. The largest absolute Gasteiger partial charge is 0.340 e. The molecule has 0 bridgehead atoms. The van der Waals surface area contributed by atoms with E-state index in [0.29, 0.717) is 11.3 Å². The summed E-state index contributed by atoms with van der Waals surface area (Å²) in [4.78, 5) is 36.4. The normalized spacial score (nSPS) is 20.1. The Labute approximate surface area is 159 Å². The van der Waals surface area contributed by atoms with E-state index < -0.39 is 0 Å². The number of amides is 2. The Morgan fingerprint density at radius 3 is 2.67 bits per heavy atom. The van der Waals surface area contributed by atoms with Crippen LogP contribution < -0.4 is 4.90 Å². The van der Waals surface area contributed by atoms with Crippen LogP contribution in [0.2, 0.25) is 0 Å². The van der Waals surface area contributed by atoms with E-state index in [4.69, 9.17) is 0 Å². The molecule has 6 heteroatoms. The van der Waals surface area contributed by atoms with Gasteiger partial charge in [0.05, 0.1) is 23.7 Å². The fourth-order valence-corrected chi connectivity index (χ4v) is 3.87. The average Bonchev–Trinajstić information content (AvgIpc) is 2.94. The van der Waals surface area contributed by atoms with E-state index in [0.717, 1.165) is 37.4 Å². The summed E-state index contributed by atoms with van der Waals surface area (Å²) in [5.41, 5.74) is 3.18. The minimum absolute atomic E-state index is 0.0806. The molecule has 1 aromatic carbocycles. The van der Waals surface area contributed by atoms with Gasteiger partial charge in [-0.25, -0.2) is 0 Å². The molecule has 1 saturated heterocycles. The second kappa shape index (κ2) is 7.12. The van der Waals surface area contributed by atoms with Crippen molar-refractivity contribution in [2.24, 2.45) is 0 Å². The molecule has 2 aromatic rings. The third kappa shape index (κ3) is 3.32. The number of nitrogens with zero attached hydrogens (tertiary/aromatic N) is 4. The average molecular weight is 364 g/mol. The molecule has 3 heterocycles. The summed E-state index contributed by atoms with van der Waals surface area (Å²) in [5, 5.41) is 0. The van der Waals surface area contributed by atoms with Crippen molar-refractivity contribution in [3.8, 4) is 0 Å². The lowest BCUT2D eigenvalue weighted by Crippen LogP contribution is -2.47. The van der Waals surface area contributed by atoms with Crippen LogP contribution in [0.5, 0.6) is 0 Å². The van der Waals surface area contributed by atoms with E-state index >= 15 is 0 Å². The van der Waals surface area contributed by atoms with Gasteiger partial charge in [0.2, 0.25) is 5.91 Å². The van der Waals surface area contributed by atoms with Crippen LogP contribution in [-0.2, 0) is 4.79 Å². The number of carbonyl (C=O) groups excluding carboxylic acids is 2. The minimum Gasteiger partial charge on any atom is -0.340 e. The Morgan fingerprint density at radius 1 is 1.15 bits per heavy atom. The number of pyridine rings is 1. The maximum Gasteiger partial charge on any atom is 0.260 e. The molecule has 1 fully saturated rings. The lowest BCUT2D eigenvalue weighted by atomic mass is 10.1. The molecule has 2 amide bonds. The molecule has 0 aliphatic carbocycles. The quantitative estimate of drug-likeness (QED) is 0.838. The standard InChI is InChI=1S/C21H24N4O2/c1-15-5-3-6-16(13-15)25-18(20-17(21(25)27)7-4-8-22-20)14-19(26)24-11-9-23(2)10-12-24/h3-8,13,18H,9-12,14H2,1-2H3. The molecular weight excluding hydrogens is 340 g/mol. The molecule has 1 aromatic heterocycles. The highest BCUT2D eigenvalue weighted by molar-refractivity contribution is 6.11. The number of piperazine rings is 1. The molecule has 0 spiro atoms. The van der Waals surface area contributed by atoms with Crippen molar-refractivity contribution in [3.63, 3.8) is 0 Å². The van der Waals surface area contributed by atoms with Gasteiger partial charge in [-0.3, -0.25) is 19.5 Å². The first kappa shape index (κ1) is 17.7. The molecule has 0 radical (unpaired) electrons. The van der Waals surface area contributed by atoms with Crippen molar-refractivity contribution in [1.29, 1.82) is 0 Å². The highest BCUT2D eigenvalue weighted by Gasteiger charge is 2.40. The molecule has 0 N–H and O–H groups in total. The summed E-state index contributed by atoms with van der Waals surface area (Å²) in [6, 6.07) is 11.1. The Balaban J connectivity index is 1.64. The van der Waals surface area contributed by atoms with Gasteiger partial charge in [0, 0.05) is 38.1 Å². The van der Waals surface area contributed by atoms with Gasteiger partial charge in [-0.05, 0) is 43.8 Å². The van der Waals surface area contributed by atoms with Gasteiger partial charge in [0.25, 0.3) is 5.91 Å². The summed E-state index contributed by atoms with van der Waals surface area (Å²) < 4.78 is 0. The predicted molar refractivity (Wildman–Crippen MR) is 104 cm³/mol. The fraction of sp³-hybridized carbons (Fsp3) is 0.381. The highest BCUT2D eigenvalue weighted by Crippen LogP contribution is 2.38. The van der Waals surface area contributed by atoms with Crippen molar-refractivity contribution in [2.75, 3.05) is 38.1 Å². The lowest BCUT2D eigenvalue weighted by molar-refractivity contribution is -0.133. The number of rotatable bonds is 3. The summed E-state index contributed by atoms with van der Waals surface area (Å²) in [7, 11) is 2.07. The summed E-state index contributed by atoms with van der Waals surface area (Å²) in [5.74, 6) is -0.00284. The van der Waals surface area contributed by atoms with Crippen LogP contribution in [0.1, 0.15) is 34.1 Å². The van der Waals surface area contributed by atoms with Crippen molar-refractivity contribution in [2.45, 2.75) is 19.4 Å². The van der Waals surface area contributed by atoms with Crippen LogP contribution in [0.25, 0.3) is 0 Å². The second-order valence-electron chi connectivity index (χ2n) is 7.35. The zero-order chi connectivity index (χ0) is 19.0. The Morgan fingerprint density at radius 2 is 1.93 bits per heavy atom. The molecule has 2 aliphatic rings. The summed E-state index contributed by atoms with van der Waals surface area (Å²) >= 11 is 0. The Bertz CT molecular complexity index is 874. The Hall–Kier alpha value is -2.73. The van der Waals surface area contributed by atoms with Crippen molar-refractivity contribution in [1.82, 2.24) is 14.8 Å². The van der Waals surface area contributed by atoms with Crippen LogP contribution in [0.15, 0.2) is 42.6 Å². The van der Waals surface area contributed by atoms with Gasteiger partial charge in [0.1, 0.15) is 0 Å². The molecule has 1 atom stereocenters. The SMILES string of the molecule is Cc1cccc(N2C(=O)c3cccnc3C2CC(=O)N2CCN(C)CC2)c1. The summed E-state index contributed by atoms with van der Waals surface area (Å²) in [6.07, 6.45) is 1.95. The van der Waals surface area contributed by atoms with E-state index in [9.17, 15) is 9.59 Å². The van der Waals surface area contributed by atoms with E-state index in [2.05, 4.69) is 16.9 Å². The molecule has 2 aliphatic heterocycles. The van der Waals surface area contributed by atoms with Gasteiger partial charge in [0.15, 0.2) is 0 Å². The van der Waals surface area contributed by atoms with E-state index in [1.54, 1.807) is 23.2 Å². The number of carbonyl (C=O) groups is 2. The topological polar surface area (TPSA) is 56.8 Å². The molecule has 27 heavy (non-hydrogen) atoms. The maximum absolute atomic E-state index is 13.1. The number of fused-ring (bicyclic) bond motifs is 1. The van der Waals surface area contributed by atoms with Crippen LogP contribution in [0.4, 0.5) is 5.69 Å². The monoisotopic (exact) mass is 364 g/mol. The smallest absolute Gasteiger partial charge is 0.260 e. The van der Waals surface area contributed by atoms with Crippen LogP contribution in [-0.4, -0.2) is 59.8 Å². The predicted octanol–water partition coefficient (Wildman–Crippen LogP) is 2.26. The zero-order valence-electron chi connectivity index (χ0n) is 15.8. The third-order valence-electron chi connectivity index (χ3n) is 5.42. The van der Waals surface area contributed by atoms with Crippen LogP contribution in [0, 0.1) is 6.92 Å². The number of aryl methyl sites for hydroxylation is 1. The first-order valence-corrected chi connectivity index (χ1v) is 9.36. The minimum atomic E-state index is -0.359. The van der Waals surface area contributed by atoms with Gasteiger partial charge in [-0.2, -0.15) is 0 Å². The molecule has 1 unspecified atom stereocenters. The van der Waals surface area contributed by atoms with Gasteiger partial charge in [-0.15, -0.1) is 0 Å². The van der Waals surface area contributed by atoms with Crippen molar-refractivity contribution >= 4 is 17.5 Å². The molecule has 0 saturated carbocycles. The number of benzene rings is 1. The molecule has 4 rings (SSSR count). The maximum atomic E-state index is 13.1. The van der Waals surface area contributed by atoms with E-state index in [1.165, 1.54) is 0 Å². The van der Waals surface area contributed by atoms with E-state index in [1.807, 2.05) is 36.1 Å². The van der Waals surface area contributed by atoms with Crippen molar-refractivity contribution < 1.29 is 9.59 Å².